The van der Waals surface area contributed by atoms with Gasteiger partial charge < -0.3 is 0 Å². The van der Waals surface area contributed by atoms with E-state index >= 15 is 0 Å². The van der Waals surface area contributed by atoms with Gasteiger partial charge in [-0.15, -0.1) is 0 Å². The van der Waals surface area contributed by atoms with Crippen LogP contribution in [-0.2, 0) is 0 Å². The molecule has 0 N–H and O–H groups in total. The van der Waals surface area contributed by atoms with Gasteiger partial charge in [0.15, 0.2) is 0 Å². The third kappa shape index (κ3) is 5.45. The molecular formula is C30H40. The van der Waals surface area contributed by atoms with Gasteiger partial charge in [-0.05, 0) is 90.5 Å². The summed E-state index contributed by atoms with van der Waals surface area (Å²) in [6, 6.07) is 18.8. The highest BCUT2D eigenvalue weighted by Crippen LogP contribution is 2.38. The predicted octanol–water partition coefficient (Wildman–Crippen LogP) is 9.41. The van der Waals surface area contributed by atoms with Gasteiger partial charge >= 0.3 is 0 Å². The maximum absolute atomic E-state index is 2.45. The van der Waals surface area contributed by atoms with E-state index in [1.807, 2.05) is 0 Å². The normalized spacial score (nSPS) is 24.5. The first kappa shape index (κ1) is 21.4. The molecule has 0 saturated heterocycles. The van der Waals surface area contributed by atoms with Crippen LogP contribution in [0.3, 0.4) is 0 Å². The van der Waals surface area contributed by atoms with E-state index in [9.17, 15) is 0 Å². The second-order valence-electron chi connectivity index (χ2n) is 10.0. The highest BCUT2D eigenvalue weighted by atomic mass is 14.3. The molecule has 0 aromatic heterocycles. The summed E-state index contributed by atoms with van der Waals surface area (Å²) in [7, 11) is 0. The van der Waals surface area contributed by atoms with Crippen molar-refractivity contribution in [2.24, 2.45) is 11.8 Å². The zero-order valence-corrected chi connectivity index (χ0v) is 19.2. The van der Waals surface area contributed by atoms with Crippen LogP contribution in [0.25, 0.3) is 16.7 Å². The van der Waals surface area contributed by atoms with Gasteiger partial charge in [0, 0.05) is 0 Å². The molecule has 2 aromatic carbocycles. The van der Waals surface area contributed by atoms with Gasteiger partial charge in [0.25, 0.3) is 0 Å². The van der Waals surface area contributed by atoms with Crippen molar-refractivity contribution in [2.45, 2.75) is 90.4 Å². The molecule has 0 heterocycles. The molecule has 2 aliphatic carbocycles. The van der Waals surface area contributed by atoms with Crippen molar-refractivity contribution >= 4 is 5.57 Å². The molecule has 0 radical (unpaired) electrons. The van der Waals surface area contributed by atoms with Gasteiger partial charge in [-0.3, -0.25) is 0 Å². The fourth-order valence-corrected chi connectivity index (χ4v) is 5.52. The van der Waals surface area contributed by atoms with Crippen molar-refractivity contribution in [1.29, 1.82) is 0 Å². The Morgan fingerprint density at radius 1 is 0.733 bits per heavy atom. The smallest absolute Gasteiger partial charge is 0.0162 e. The second-order valence-corrected chi connectivity index (χ2v) is 10.0. The molecule has 0 nitrogen and oxygen atoms in total. The standard InChI is InChI=1S/C30H40/c1-3-4-5-6-24-9-13-26(14-10-24)28-17-21-30(22-18-28)29-19-15-27(16-20-29)25-11-7-23(2)8-12-25/h11,15-24,26H,3-10,12-14H2,1-2H3/t23?,24-,26-. The lowest BCUT2D eigenvalue weighted by Gasteiger charge is -2.29. The highest BCUT2D eigenvalue weighted by Gasteiger charge is 2.22. The van der Waals surface area contributed by atoms with E-state index in [1.54, 1.807) is 11.1 Å². The van der Waals surface area contributed by atoms with Crippen LogP contribution in [0.5, 0.6) is 0 Å². The van der Waals surface area contributed by atoms with Crippen LogP contribution in [0.1, 0.15) is 102 Å². The minimum Gasteiger partial charge on any atom is -0.0805 e. The Hall–Kier alpha value is -1.82. The predicted molar refractivity (Wildman–Crippen MR) is 132 cm³/mol. The Morgan fingerprint density at radius 2 is 1.37 bits per heavy atom. The van der Waals surface area contributed by atoms with Gasteiger partial charge in [-0.25, -0.2) is 0 Å². The lowest BCUT2D eigenvalue weighted by molar-refractivity contribution is 0.303. The van der Waals surface area contributed by atoms with Gasteiger partial charge in [-0.2, -0.15) is 0 Å². The van der Waals surface area contributed by atoms with Crippen LogP contribution >= 0.6 is 0 Å². The average molecular weight is 401 g/mol. The summed E-state index contributed by atoms with van der Waals surface area (Å²) in [5.74, 6) is 2.63. The Kier molecular flexibility index (Phi) is 7.47. The molecule has 4 rings (SSSR count). The lowest BCUT2D eigenvalue weighted by Crippen LogP contribution is -2.13. The van der Waals surface area contributed by atoms with Crippen LogP contribution < -0.4 is 0 Å². The van der Waals surface area contributed by atoms with Crippen molar-refractivity contribution in [1.82, 2.24) is 0 Å². The lowest BCUT2D eigenvalue weighted by atomic mass is 9.77. The van der Waals surface area contributed by atoms with E-state index < -0.39 is 0 Å². The molecule has 2 aromatic rings. The van der Waals surface area contributed by atoms with Gasteiger partial charge in [-0.1, -0.05) is 94.1 Å². The number of rotatable bonds is 7. The first-order valence-corrected chi connectivity index (χ1v) is 12.6. The van der Waals surface area contributed by atoms with Crippen LogP contribution in [0.15, 0.2) is 54.6 Å². The van der Waals surface area contributed by atoms with Crippen LogP contribution in [0.2, 0.25) is 0 Å². The molecule has 0 bridgehead atoms. The molecule has 1 atom stereocenters. The van der Waals surface area contributed by atoms with Gasteiger partial charge in [0.1, 0.15) is 0 Å². The van der Waals surface area contributed by atoms with Crippen molar-refractivity contribution in [3.63, 3.8) is 0 Å². The Labute approximate surface area is 184 Å². The van der Waals surface area contributed by atoms with E-state index in [0.717, 1.165) is 17.8 Å². The molecule has 160 valence electrons. The van der Waals surface area contributed by atoms with Crippen LogP contribution in [0.4, 0.5) is 0 Å². The topological polar surface area (TPSA) is 0 Å². The summed E-state index contributed by atoms with van der Waals surface area (Å²) in [6.45, 7) is 4.67. The number of benzene rings is 2. The minimum atomic E-state index is 0.782. The van der Waals surface area contributed by atoms with E-state index in [4.69, 9.17) is 0 Å². The molecule has 0 heteroatoms. The van der Waals surface area contributed by atoms with Crippen LogP contribution in [-0.4, -0.2) is 0 Å². The van der Waals surface area contributed by atoms with Crippen molar-refractivity contribution in [3.8, 4) is 11.1 Å². The Morgan fingerprint density at radius 3 is 1.97 bits per heavy atom. The maximum Gasteiger partial charge on any atom is -0.0162 e. The zero-order chi connectivity index (χ0) is 20.8. The maximum atomic E-state index is 2.45. The summed E-state index contributed by atoms with van der Waals surface area (Å²) in [5, 5.41) is 0. The average Bonchev–Trinajstić information content (AvgIpc) is 2.81. The van der Waals surface area contributed by atoms with Crippen molar-refractivity contribution < 1.29 is 0 Å². The third-order valence-corrected chi connectivity index (χ3v) is 7.71. The zero-order valence-electron chi connectivity index (χ0n) is 19.2. The summed E-state index contributed by atoms with van der Waals surface area (Å²) in [6.07, 6.45) is 17.6. The Bertz CT molecular complexity index is 800. The fourth-order valence-electron chi connectivity index (χ4n) is 5.52. The third-order valence-electron chi connectivity index (χ3n) is 7.71. The summed E-state index contributed by atoms with van der Waals surface area (Å²) >= 11 is 0. The first-order chi connectivity index (χ1) is 14.7. The quantitative estimate of drug-likeness (QED) is 0.406. The number of hydrogen-bond acceptors (Lipinski definition) is 0. The van der Waals surface area contributed by atoms with E-state index in [1.165, 1.54) is 87.3 Å². The number of hydrogen-bond donors (Lipinski definition) is 0. The monoisotopic (exact) mass is 400 g/mol. The second kappa shape index (κ2) is 10.5. The minimum absolute atomic E-state index is 0.782. The SMILES string of the molecule is CCCCC[C@H]1CC[C@H](c2ccc(-c3ccc(C4=CCC(C)CC4)cc3)cc2)CC1. The first-order valence-electron chi connectivity index (χ1n) is 12.6. The number of unbranched alkanes of at least 4 members (excludes halogenated alkanes) is 2. The highest BCUT2D eigenvalue weighted by molar-refractivity contribution is 5.71. The fraction of sp³-hybridized carbons (Fsp3) is 0.533. The van der Waals surface area contributed by atoms with Crippen molar-refractivity contribution in [3.05, 3.63) is 65.7 Å². The molecular weight excluding hydrogens is 360 g/mol. The van der Waals surface area contributed by atoms with E-state index in [0.29, 0.717) is 0 Å². The summed E-state index contributed by atoms with van der Waals surface area (Å²) in [4.78, 5) is 0. The number of allylic oxidation sites excluding steroid dienone is 2. The van der Waals surface area contributed by atoms with Crippen LogP contribution in [0, 0.1) is 11.8 Å². The molecule has 1 unspecified atom stereocenters. The van der Waals surface area contributed by atoms with E-state index in [2.05, 4.69) is 68.5 Å². The van der Waals surface area contributed by atoms with Gasteiger partial charge in [0.05, 0.1) is 0 Å². The van der Waals surface area contributed by atoms with Gasteiger partial charge in [0.2, 0.25) is 0 Å². The summed E-state index contributed by atoms with van der Waals surface area (Å²) < 4.78 is 0. The molecule has 0 aliphatic heterocycles. The summed E-state index contributed by atoms with van der Waals surface area (Å²) in [5.41, 5.74) is 7.21. The molecule has 30 heavy (non-hydrogen) atoms. The molecule has 0 spiro atoms. The van der Waals surface area contributed by atoms with E-state index in [-0.39, 0.29) is 0 Å². The van der Waals surface area contributed by atoms with Crippen molar-refractivity contribution in [2.75, 3.05) is 0 Å². The molecule has 1 saturated carbocycles. The molecule has 2 aliphatic rings. The molecule has 1 fully saturated rings. The molecule has 0 amide bonds. The Balaban J connectivity index is 1.34. The largest absolute Gasteiger partial charge is 0.0805 e.